The van der Waals surface area contributed by atoms with Crippen LogP contribution in [0.4, 0.5) is 0 Å². The highest BCUT2D eigenvalue weighted by molar-refractivity contribution is 9.08. The maximum Gasteiger partial charge on any atom is 0.123 e. The summed E-state index contributed by atoms with van der Waals surface area (Å²) in [5.74, 6) is 1.03. The average molecular weight is 339 g/mol. The number of hydrogen-bond acceptors (Lipinski definition) is 2. The molecule has 0 aromatic heterocycles. The van der Waals surface area contributed by atoms with Crippen LogP contribution in [0.15, 0.2) is 18.2 Å². The topological polar surface area (TPSA) is 18.5 Å². The van der Waals surface area contributed by atoms with Crippen LogP contribution < -0.4 is 4.74 Å². The molecule has 1 spiro atoms. The first-order valence-electron chi connectivity index (χ1n) is 7.67. The standard InChI is InChI=1S/C17H23BrO2/c1-13-4-5-16(14(10-13)12-18)20-15-6-9-19-17(11-15)7-2-3-8-17/h4-5,10,15H,2-3,6-9,11-12H2,1H3. The van der Waals surface area contributed by atoms with Gasteiger partial charge in [-0.15, -0.1) is 0 Å². The first-order valence-corrected chi connectivity index (χ1v) is 8.79. The normalized spacial score (nSPS) is 25.0. The summed E-state index contributed by atoms with van der Waals surface area (Å²) in [5.41, 5.74) is 2.66. The lowest BCUT2D eigenvalue weighted by Crippen LogP contribution is -2.41. The Labute approximate surface area is 130 Å². The number of hydrogen-bond donors (Lipinski definition) is 0. The van der Waals surface area contributed by atoms with Crippen molar-refractivity contribution < 1.29 is 9.47 Å². The molecule has 20 heavy (non-hydrogen) atoms. The summed E-state index contributed by atoms with van der Waals surface area (Å²) >= 11 is 3.56. The van der Waals surface area contributed by atoms with Gasteiger partial charge in [-0.2, -0.15) is 0 Å². The molecule has 1 aromatic rings. The van der Waals surface area contributed by atoms with Crippen LogP contribution in [-0.2, 0) is 10.1 Å². The molecule has 2 nitrogen and oxygen atoms in total. The van der Waals surface area contributed by atoms with Crippen LogP contribution in [-0.4, -0.2) is 18.3 Å². The molecule has 1 saturated carbocycles. The summed E-state index contributed by atoms with van der Waals surface area (Å²) in [6.45, 7) is 2.97. The highest BCUT2D eigenvalue weighted by atomic mass is 79.9. The van der Waals surface area contributed by atoms with E-state index in [1.807, 2.05) is 0 Å². The van der Waals surface area contributed by atoms with E-state index in [0.717, 1.165) is 30.5 Å². The van der Waals surface area contributed by atoms with Crippen molar-refractivity contribution in [1.82, 2.24) is 0 Å². The average Bonchev–Trinajstić information content (AvgIpc) is 2.89. The van der Waals surface area contributed by atoms with Gasteiger partial charge in [-0.25, -0.2) is 0 Å². The molecule has 1 aromatic carbocycles. The molecule has 0 bridgehead atoms. The fourth-order valence-corrected chi connectivity index (χ4v) is 4.00. The minimum Gasteiger partial charge on any atom is -0.490 e. The van der Waals surface area contributed by atoms with Gasteiger partial charge in [-0.1, -0.05) is 46.5 Å². The van der Waals surface area contributed by atoms with E-state index < -0.39 is 0 Å². The molecule has 0 amide bonds. The molecule has 1 aliphatic heterocycles. The van der Waals surface area contributed by atoms with Crippen molar-refractivity contribution in [3.05, 3.63) is 29.3 Å². The van der Waals surface area contributed by atoms with Crippen molar-refractivity contribution in [2.24, 2.45) is 0 Å². The second-order valence-electron chi connectivity index (χ2n) is 6.22. The van der Waals surface area contributed by atoms with E-state index in [-0.39, 0.29) is 5.60 Å². The summed E-state index contributed by atoms with van der Waals surface area (Å²) in [6.07, 6.45) is 7.42. The maximum absolute atomic E-state index is 6.31. The summed E-state index contributed by atoms with van der Waals surface area (Å²) in [4.78, 5) is 0. The number of ether oxygens (including phenoxy) is 2. The van der Waals surface area contributed by atoms with Crippen molar-refractivity contribution in [2.75, 3.05) is 6.61 Å². The Balaban J connectivity index is 1.71. The lowest BCUT2D eigenvalue weighted by molar-refractivity contribution is -0.108. The van der Waals surface area contributed by atoms with Gasteiger partial charge in [0.1, 0.15) is 11.9 Å². The van der Waals surface area contributed by atoms with Gasteiger partial charge in [0.2, 0.25) is 0 Å². The van der Waals surface area contributed by atoms with Gasteiger partial charge < -0.3 is 9.47 Å². The molecule has 3 heteroatoms. The smallest absolute Gasteiger partial charge is 0.123 e. The first kappa shape index (κ1) is 14.4. The largest absolute Gasteiger partial charge is 0.490 e. The number of halogens is 1. The van der Waals surface area contributed by atoms with Crippen molar-refractivity contribution >= 4 is 15.9 Å². The Morgan fingerprint density at radius 2 is 2.15 bits per heavy atom. The third kappa shape index (κ3) is 3.04. The number of aryl methyl sites for hydroxylation is 1. The molecule has 110 valence electrons. The van der Waals surface area contributed by atoms with Crippen molar-refractivity contribution in [1.29, 1.82) is 0 Å². The van der Waals surface area contributed by atoms with Gasteiger partial charge in [0, 0.05) is 23.7 Å². The molecular weight excluding hydrogens is 316 g/mol. The molecular formula is C17H23BrO2. The Morgan fingerprint density at radius 3 is 2.90 bits per heavy atom. The van der Waals surface area contributed by atoms with Crippen LogP contribution in [0, 0.1) is 6.92 Å². The molecule has 3 rings (SSSR count). The molecule has 2 aliphatic rings. The summed E-state index contributed by atoms with van der Waals surface area (Å²) < 4.78 is 12.4. The molecule has 0 N–H and O–H groups in total. The Morgan fingerprint density at radius 1 is 1.35 bits per heavy atom. The predicted octanol–water partition coefficient (Wildman–Crippen LogP) is 4.76. The lowest BCUT2D eigenvalue weighted by atomic mass is 9.90. The molecule has 1 aliphatic carbocycles. The summed E-state index contributed by atoms with van der Waals surface area (Å²) in [6, 6.07) is 6.45. The van der Waals surface area contributed by atoms with Crippen LogP contribution >= 0.6 is 15.9 Å². The maximum atomic E-state index is 6.31. The summed E-state index contributed by atoms with van der Waals surface area (Å²) in [7, 11) is 0. The fourth-order valence-electron chi connectivity index (χ4n) is 3.56. The quantitative estimate of drug-likeness (QED) is 0.739. The van der Waals surface area contributed by atoms with E-state index in [1.54, 1.807) is 0 Å². The Kier molecular flexibility index (Phi) is 4.37. The van der Waals surface area contributed by atoms with Gasteiger partial charge in [-0.3, -0.25) is 0 Å². The summed E-state index contributed by atoms with van der Waals surface area (Å²) in [5, 5.41) is 0.846. The third-order valence-corrected chi connectivity index (χ3v) is 5.22. The van der Waals surface area contributed by atoms with Crippen molar-refractivity contribution in [2.45, 2.75) is 62.5 Å². The molecule has 2 fully saturated rings. The van der Waals surface area contributed by atoms with Crippen molar-refractivity contribution in [3.63, 3.8) is 0 Å². The molecule has 1 heterocycles. The van der Waals surface area contributed by atoms with Gasteiger partial charge in [0.25, 0.3) is 0 Å². The number of rotatable bonds is 3. The van der Waals surface area contributed by atoms with E-state index in [2.05, 4.69) is 41.1 Å². The zero-order valence-corrected chi connectivity index (χ0v) is 13.7. The van der Waals surface area contributed by atoms with Gasteiger partial charge in [-0.05, 0) is 25.8 Å². The van der Waals surface area contributed by atoms with Crippen molar-refractivity contribution in [3.8, 4) is 5.75 Å². The van der Waals surface area contributed by atoms with E-state index in [4.69, 9.17) is 9.47 Å². The van der Waals surface area contributed by atoms with E-state index in [0.29, 0.717) is 6.10 Å². The monoisotopic (exact) mass is 338 g/mol. The molecule has 0 radical (unpaired) electrons. The fraction of sp³-hybridized carbons (Fsp3) is 0.647. The molecule has 1 atom stereocenters. The van der Waals surface area contributed by atoms with E-state index in [1.165, 1.54) is 36.8 Å². The van der Waals surface area contributed by atoms with Crippen LogP contribution in [0.3, 0.4) is 0 Å². The van der Waals surface area contributed by atoms with Gasteiger partial charge in [0.05, 0.1) is 12.2 Å². The van der Waals surface area contributed by atoms with Crippen LogP contribution in [0.25, 0.3) is 0 Å². The van der Waals surface area contributed by atoms with Gasteiger partial charge in [0.15, 0.2) is 0 Å². The highest BCUT2D eigenvalue weighted by Gasteiger charge is 2.40. The van der Waals surface area contributed by atoms with E-state index >= 15 is 0 Å². The van der Waals surface area contributed by atoms with Crippen LogP contribution in [0.2, 0.25) is 0 Å². The highest BCUT2D eigenvalue weighted by Crippen LogP contribution is 2.41. The minimum atomic E-state index is 0.127. The number of alkyl halides is 1. The molecule has 1 saturated heterocycles. The van der Waals surface area contributed by atoms with E-state index in [9.17, 15) is 0 Å². The second-order valence-corrected chi connectivity index (χ2v) is 6.78. The Bertz CT molecular complexity index is 466. The zero-order valence-electron chi connectivity index (χ0n) is 12.2. The SMILES string of the molecule is Cc1ccc(OC2CCOC3(CCCC3)C2)c(CBr)c1. The zero-order chi connectivity index (χ0) is 14.0. The third-order valence-electron chi connectivity index (χ3n) is 4.62. The lowest BCUT2D eigenvalue weighted by Gasteiger charge is -2.38. The Hall–Kier alpha value is -0.540. The predicted molar refractivity (Wildman–Crippen MR) is 84.6 cm³/mol. The molecule has 1 unspecified atom stereocenters. The minimum absolute atomic E-state index is 0.127. The first-order chi connectivity index (χ1) is 9.71. The second kappa shape index (κ2) is 6.07. The van der Waals surface area contributed by atoms with Crippen LogP contribution in [0.5, 0.6) is 5.75 Å². The van der Waals surface area contributed by atoms with Crippen LogP contribution in [0.1, 0.15) is 49.7 Å². The van der Waals surface area contributed by atoms with Gasteiger partial charge >= 0.3 is 0 Å². The number of benzene rings is 1.